The molecule has 1 atom stereocenters. The zero-order chi connectivity index (χ0) is 13.0. The van der Waals surface area contributed by atoms with E-state index in [-0.39, 0.29) is 23.9 Å². The highest BCUT2D eigenvalue weighted by atomic mass is 16.4. The zero-order valence-corrected chi connectivity index (χ0v) is 10.2. The molecule has 0 radical (unpaired) electrons. The Bertz CT molecular complexity index is 412. The van der Waals surface area contributed by atoms with E-state index in [0.717, 1.165) is 5.69 Å². The maximum Gasteiger partial charge on any atom is 0.305 e. The predicted molar refractivity (Wildman–Crippen MR) is 61.9 cm³/mol. The van der Waals surface area contributed by atoms with E-state index in [1.807, 2.05) is 13.8 Å². The number of amides is 1. The SMILES string of the molecule is CC(CC(=O)O)NC(=O)c1cc(C(C)C)[nH]n1. The Morgan fingerprint density at radius 3 is 2.59 bits per heavy atom. The molecule has 0 aliphatic carbocycles. The monoisotopic (exact) mass is 239 g/mol. The summed E-state index contributed by atoms with van der Waals surface area (Å²) in [5.74, 6) is -1.04. The van der Waals surface area contributed by atoms with Gasteiger partial charge in [0.05, 0.1) is 6.42 Å². The van der Waals surface area contributed by atoms with Gasteiger partial charge in [-0.1, -0.05) is 13.8 Å². The molecule has 6 heteroatoms. The first-order valence-electron chi connectivity index (χ1n) is 5.48. The van der Waals surface area contributed by atoms with E-state index in [4.69, 9.17) is 5.11 Å². The molecular weight excluding hydrogens is 222 g/mol. The van der Waals surface area contributed by atoms with Crippen molar-refractivity contribution in [1.82, 2.24) is 15.5 Å². The molecule has 1 aromatic heterocycles. The first-order valence-corrected chi connectivity index (χ1v) is 5.48. The van der Waals surface area contributed by atoms with Gasteiger partial charge in [0, 0.05) is 11.7 Å². The van der Waals surface area contributed by atoms with Gasteiger partial charge in [0.2, 0.25) is 0 Å². The number of H-pyrrole nitrogens is 1. The number of aromatic amines is 1. The number of nitrogens with zero attached hydrogens (tertiary/aromatic N) is 1. The highest BCUT2D eigenvalue weighted by Gasteiger charge is 2.15. The minimum Gasteiger partial charge on any atom is -0.481 e. The molecule has 0 saturated carbocycles. The van der Waals surface area contributed by atoms with Crippen molar-refractivity contribution in [2.24, 2.45) is 0 Å². The van der Waals surface area contributed by atoms with Crippen LogP contribution in [0.2, 0.25) is 0 Å². The average molecular weight is 239 g/mol. The molecule has 94 valence electrons. The molecule has 0 aliphatic rings. The Balaban J connectivity index is 2.60. The number of nitrogens with one attached hydrogen (secondary N) is 2. The summed E-state index contributed by atoms with van der Waals surface area (Å²) in [5.41, 5.74) is 1.16. The molecule has 1 amide bonds. The highest BCUT2D eigenvalue weighted by molar-refractivity contribution is 5.92. The fraction of sp³-hybridized carbons (Fsp3) is 0.545. The van der Waals surface area contributed by atoms with Gasteiger partial charge >= 0.3 is 5.97 Å². The van der Waals surface area contributed by atoms with E-state index in [1.54, 1.807) is 13.0 Å². The summed E-state index contributed by atoms with van der Waals surface area (Å²) in [6.07, 6.45) is -0.104. The maximum atomic E-state index is 11.7. The number of aliphatic carboxylic acids is 1. The van der Waals surface area contributed by atoms with Gasteiger partial charge in [-0.25, -0.2) is 0 Å². The van der Waals surface area contributed by atoms with Crippen molar-refractivity contribution in [1.29, 1.82) is 0 Å². The van der Waals surface area contributed by atoms with Gasteiger partial charge in [-0.15, -0.1) is 0 Å². The Hall–Kier alpha value is -1.85. The van der Waals surface area contributed by atoms with Crippen LogP contribution in [0, 0.1) is 0 Å². The topological polar surface area (TPSA) is 95.1 Å². The smallest absolute Gasteiger partial charge is 0.305 e. The summed E-state index contributed by atoms with van der Waals surface area (Å²) >= 11 is 0. The van der Waals surface area contributed by atoms with E-state index < -0.39 is 12.0 Å². The first-order chi connectivity index (χ1) is 7.90. The lowest BCUT2D eigenvalue weighted by molar-refractivity contribution is -0.137. The van der Waals surface area contributed by atoms with E-state index in [1.165, 1.54) is 0 Å². The summed E-state index contributed by atoms with van der Waals surface area (Å²) in [5, 5.41) is 17.8. The van der Waals surface area contributed by atoms with E-state index in [2.05, 4.69) is 15.5 Å². The van der Waals surface area contributed by atoms with Gasteiger partial charge in [0.15, 0.2) is 0 Å². The number of aromatic nitrogens is 2. The lowest BCUT2D eigenvalue weighted by Crippen LogP contribution is -2.34. The molecule has 1 heterocycles. The summed E-state index contributed by atoms with van der Waals surface area (Å²) in [7, 11) is 0. The number of hydrogen-bond donors (Lipinski definition) is 3. The largest absolute Gasteiger partial charge is 0.481 e. The van der Waals surface area contributed by atoms with Crippen LogP contribution >= 0.6 is 0 Å². The number of carboxylic acids is 1. The predicted octanol–water partition coefficient (Wildman–Crippen LogP) is 1.13. The van der Waals surface area contributed by atoms with Gasteiger partial charge in [-0.2, -0.15) is 5.10 Å². The lowest BCUT2D eigenvalue weighted by Gasteiger charge is -2.09. The number of carbonyl (C=O) groups is 2. The molecule has 0 bridgehead atoms. The second-order valence-electron chi connectivity index (χ2n) is 4.34. The Morgan fingerprint density at radius 1 is 1.47 bits per heavy atom. The Kier molecular flexibility index (Phi) is 4.25. The zero-order valence-electron chi connectivity index (χ0n) is 10.2. The van der Waals surface area contributed by atoms with Crippen molar-refractivity contribution in [3.63, 3.8) is 0 Å². The molecule has 17 heavy (non-hydrogen) atoms. The third-order valence-corrected chi connectivity index (χ3v) is 2.31. The molecule has 0 aliphatic heterocycles. The summed E-state index contributed by atoms with van der Waals surface area (Å²) in [6.45, 7) is 5.62. The lowest BCUT2D eigenvalue weighted by atomic mass is 10.1. The highest BCUT2D eigenvalue weighted by Crippen LogP contribution is 2.11. The molecule has 1 unspecified atom stereocenters. The molecule has 3 N–H and O–H groups in total. The van der Waals surface area contributed by atoms with Crippen molar-refractivity contribution >= 4 is 11.9 Å². The quantitative estimate of drug-likeness (QED) is 0.717. The number of hydrogen-bond acceptors (Lipinski definition) is 3. The van der Waals surface area contributed by atoms with E-state index >= 15 is 0 Å². The van der Waals surface area contributed by atoms with Gasteiger partial charge in [0.1, 0.15) is 5.69 Å². The second-order valence-corrected chi connectivity index (χ2v) is 4.34. The number of rotatable bonds is 5. The standard InChI is InChI=1S/C11H17N3O3/c1-6(2)8-5-9(14-13-8)11(17)12-7(3)4-10(15)16/h5-7H,4H2,1-3H3,(H,12,17)(H,13,14)(H,15,16). The average Bonchev–Trinajstić information content (AvgIpc) is 2.64. The van der Waals surface area contributed by atoms with Crippen LogP contribution < -0.4 is 5.32 Å². The van der Waals surface area contributed by atoms with Crippen molar-refractivity contribution in [3.05, 3.63) is 17.5 Å². The van der Waals surface area contributed by atoms with Crippen LogP contribution in [-0.2, 0) is 4.79 Å². The van der Waals surface area contributed by atoms with Crippen LogP contribution in [0.15, 0.2) is 6.07 Å². The van der Waals surface area contributed by atoms with Crippen molar-refractivity contribution in [3.8, 4) is 0 Å². The first kappa shape index (κ1) is 13.2. The van der Waals surface area contributed by atoms with Crippen LogP contribution in [0.1, 0.15) is 49.3 Å². The van der Waals surface area contributed by atoms with Crippen LogP contribution in [0.5, 0.6) is 0 Å². The van der Waals surface area contributed by atoms with E-state index in [9.17, 15) is 9.59 Å². The fourth-order valence-corrected chi connectivity index (χ4v) is 1.36. The number of carboxylic acid groups (broad SMARTS) is 1. The van der Waals surface area contributed by atoms with Gasteiger partial charge in [-0.3, -0.25) is 14.7 Å². The third-order valence-electron chi connectivity index (χ3n) is 2.31. The van der Waals surface area contributed by atoms with E-state index in [0.29, 0.717) is 0 Å². The fourth-order valence-electron chi connectivity index (χ4n) is 1.36. The Labute approximate surface area is 99.4 Å². The normalized spacial score (nSPS) is 12.5. The molecule has 0 spiro atoms. The molecule has 0 aromatic carbocycles. The van der Waals surface area contributed by atoms with Gasteiger partial charge in [0.25, 0.3) is 5.91 Å². The molecular formula is C11H17N3O3. The van der Waals surface area contributed by atoms with Crippen LogP contribution in [0.25, 0.3) is 0 Å². The third kappa shape index (κ3) is 3.90. The second kappa shape index (κ2) is 5.47. The van der Waals surface area contributed by atoms with Crippen LogP contribution in [-0.4, -0.2) is 33.2 Å². The van der Waals surface area contributed by atoms with Crippen LogP contribution in [0.4, 0.5) is 0 Å². The minimum atomic E-state index is -0.942. The van der Waals surface area contributed by atoms with Crippen molar-refractivity contribution in [2.45, 2.75) is 39.2 Å². The van der Waals surface area contributed by atoms with Gasteiger partial charge < -0.3 is 10.4 Å². The number of carbonyl (C=O) groups excluding carboxylic acids is 1. The van der Waals surface area contributed by atoms with Crippen molar-refractivity contribution < 1.29 is 14.7 Å². The molecule has 0 saturated heterocycles. The maximum absolute atomic E-state index is 11.7. The van der Waals surface area contributed by atoms with Crippen LogP contribution in [0.3, 0.4) is 0 Å². The van der Waals surface area contributed by atoms with Crippen molar-refractivity contribution in [2.75, 3.05) is 0 Å². The van der Waals surface area contributed by atoms with Gasteiger partial charge in [-0.05, 0) is 18.9 Å². The summed E-state index contributed by atoms with van der Waals surface area (Å²) in [4.78, 5) is 22.1. The molecule has 6 nitrogen and oxygen atoms in total. The molecule has 1 rings (SSSR count). The summed E-state index contributed by atoms with van der Waals surface area (Å²) in [6, 6.07) is 1.26. The molecule has 1 aromatic rings. The Morgan fingerprint density at radius 2 is 2.12 bits per heavy atom. The minimum absolute atomic E-state index is 0.104. The summed E-state index contributed by atoms with van der Waals surface area (Å²) < 4.78 is 0. The molecule has 0 fully saturated rings.